The highest BCUT2D eigenvalue weighted by Crippen LogP contribution is 2.28. The molecular weight excluding hydrogens is 388 g/mol. The topological polar surface area (TPSA) is 121 Å². The summed E-state index contributed by atoms with van der Waals surface area (Å²) in [6.45, 7) is 0. The van der Waals surface area contributed by atoms with E-state index in [1.807, 2.05) is 6.07 Å². The Morgan fingerprint density at radius 2 is 1.63 bits per heavy atom. The van der Waals surface area contributed by atoms with Gasteiger partial charge in [0.05, 0.1) is 11.1 Å². The van der Waals surface area contributed by atoms with E-state index in [9.17, 15) is 24.0 Å². The number of fused-ring (bicyclic) bond motifs is 1. The normalized spacial score (nSPS) is 18.5. The molecule has 1 aromatic rings. The number of nitrogens with one attached hydrogen (secondary N) is 1. The molecule has 0 aromatic heterocycles. The maximum Gasteiger partial charge on any atom is 0.303 e. The number of aryl methyl sites for hydroxylation is 1. The van der Waals surface area contributed by atoms with Gasteiger partial charge in [0.15, 0.2) is 0 Å². The number of piperidine rings is 1. The Kier molecular flexibility index (Phi) is 6.97. The number of amides is 4. The number of carbonyl (C=O) groups excluding carboxylic acids is 4. The van der Waals surface area contributed by atoms with Crippen molar-refractivity contribution in [2.45, 2.75) is 70.3 Å². The van der Waals surface area contributed by atoms with E-state index in [1.54, 1.807) is 12.1 Å². The van der Waals surface area contributed by atoms with Crippen molar-refractivity contribution in [3.63, 3.8) is 0 Å². The molecule has 2 heterocycles. The van der Waals surface area contributed by atoms with Gasteiger partial charge in [-0.2, -0.15) is 0 Å². The predicted molar refractivity (Wildman–Crippen MR) is 107 cm³/mol. The molecule has 30 heavy (non-hydrogen) atoms. The number of rotatable bonds is 10. The fourth-order valence-electron chi connectivity index (χ4n) is 3.99. The molecule has 4 amide bonds. The fourth-order valence-corrected chi connectivity index (χ4v) is 3.99. The molecule has 0 radical (unpaired) electrons. The molecule has 0 bridgehead atoms. The molecule has 8 nitrogen and oxygen atoms in total. The average Bonchev–Trinajstić information content (AvgIpc) is 2.94. The summed E-state index contributed by atoms with van der Waals surface area (Å²) in [5.41, 5.74) is 1.58. The van der Waals surface area contributed by atoms with Crippen molar-refractivity contribution in [1.82, 2.24) is 10.2 Å². The molecule has 0 spiro atoms. The third kappa shape index (κ3) is 4.93. The van der Waals surface area contributed by atoms with Gasteiger partial charge >= 0.3 is 5.97 Å². The second kappa shape index (κ2) is 9.65. The lowest BCUT2D eigenvalue weighted by Crippen LogP contribution is -2.54. The van der Waals surface area contributed by atoms with E-state index in [0.29, 0.717) is 17.5 Å². The number of carbonyl (C=O) groups is 5. The van der Waals surface area contributed by atoms with Gasteiger partial charge in [0, 0.05) is 12.8 Å². The summed E-state index contributed by atoms with van der Waals surface area (Å²) in [5.74, 6) is -2.72. The number of nitrogens with zero attached hydrogens (tertiary/aromatic N) is 1. The molecule has 1 aromatic carbocycles. The van der Waals surface area contributed by atoms with Crippen LogP contribution in [-0.4, -0.2) is 45.6 Å². The van der Waals surface area contributed by atoms with Crippen LogP contribution >= 0.6 is 0 Å². The van der Waals surface area contributed by atoms with Crippen molar-refractivity contribution in [2.24, 2.45) is 0 Å². The largest absolute Gasteiger partial charge is 0.481 e. The summed E-state index contributed by atoms with van der Waals surface area (Å²) in [6.07, 6.45) is 6.87. The highest BCUT2D eigenvalue weighted by atomic mass is 16.4. The lowest BCUT2D eigenvalue weighted by molar-refractivity contribution is -0.138. The van der Waals surface area contributed by atoms with Crippen molar-refractivity contribution in [3.8, 4) is 0 Å². The van der Waals surface area contributed by atoms with E-state index in [-0.39, 0.29) is 19.3 Å². The molecule has 160 valence electrons. The van der Waals surface area contributed by atoms with Crippen molar-refractivity contribution in [3.05, 3.63) is 34.9 Å². The van der Waals surface area contributed by atoms with Gasteiger partial charge < -0.3 is 5.11 Å². The SMILES string of the molecule is O=C(O)CCCCCCCCc1ccc2c(c1)C(=O)N(C1CCC(=O)NC1=O)C2=O. The second-order valence-corrected chi connectivity index (χ2v) is 7.84. The highest BCUT2D eigenvalue weighted by molar-refractivity contribution is 6.23. The van der Waals surface area contributed by atoms with E-state index in [0.717, 1.165) is 49.0 Å². The van der Waals surface area contributed by atoms with E-state index in [4.69, 9.17) is 5.11 Å². The van der Waals surface area contributed by atoms with Gasteiger partial charge in [-0.15, -0.1) is 0 Å². The predicted octanol–water partition coefficient (Wildman–Crippen LogP) is 2.45. The van der Waals surface area contributed by atoms with Crippen molar-refractivity contribution in [2.75, 3.05) is 0 Å². The van der Waals surface area contributed by atoms with E-state index < -0.39 is 35.6 Å². The fraction of sp³-hybridized carbons (Fsp3) is 0.500. The van der Waals surface area contributed by atoms with Gasteiger partial charge in [-0.25, -0.2) is 0 Å². The second-order valence-electron chi connectivity index (χ2n) is 7.84. The standard InChI is InChI=1S/C22H26N2O6/c25-18-12-11-17(20(28)23-18)24-21(29)15-10-9-14(13-16(15)22(24)30)7-5-3-1-2-4-6-8-19(26)27/h9-10,13,17H,1-8,11-12H2,(H,26,27)(H,23,25,28). The lowest BCUT2D eigenvalue weighted by atomic mass is 10.0. The first-order valence-electron chi connectivity index (χ1n) is 10.4. The minimum atomic E-state index is -0.945. The molecule has 1 atom stereocenters. The lowest BCUT2D eigenvalue weighted by Gasteiger charge is -2.27. The highest BCUT2D eigenvalue weighted by Gasteiger charge is 2.44. The number of carboxylic acids is 1. The summed E-state index contributed by atoms with van der Waals surface area (Å²) in [4.78, 5) is 60.4. The monoisotopic (exact) mass is 414 g/mol. The summed E-state index contributed by atoms with van der Waals surface area (Å²) >= 11 is 0. The van der Waals surface area contributed by atoms with Crippen molar-refractivity contribution < 1.29 is 29.1 Å². The Morgan fingerprint density at radius 3 is 2.33 bits per heavy atom. The average molecular weight is 414 g/mol. The van der Waals surface area contributed by atoms with Crippen LogP contribution in [-0.2, 0) is 20.8 Å². The zero-order valence-corrected chi connectivity index (χ0v) is 16.8. The third-order valence-corrected chi connectivity index (χ3v) is 5.61. The van der Waals surface area contributed by atoms with Crippen LogP contribution in [0.5, 0.6) is 0 Å². The van der Waals surface area contributed by atoms with Crippen LogP contribution in [0.4, 0.5) is 0 Å². The Hall–Kier alpha value is -3.03. The van der Waals surface area contributed by atoms with E-state index in [1.165, 1.54) is 0 Å². The quantitative estimate of drug-likeness (QED) is 0.448. The minimum absolute atomic E-state index is 0.103. The van der Waals surface area contributed by atoms with Gasteiger partial charge in [-0.3, -0.25) is 34.2 Å². The first kappa shape index (κ1) is 21.7. The van der Waals surface area contributed by atoms with Crippen LogP contribution in [0.2, 0.25) is 0 Å². The summed E-state index contributed by atoms with van der Waals surface area (Å²) in [5, 5.41) is 10.8. The molecule has 1 unspecified atom stereocenters. The maximum absolute atomic E-state index is 12.8. The van der Waals surface area contributed by atoms with Crippen molar-refractivity contribution in [1.29, 1.82) is 0 Å². The van der Waals surface area contributed by atoms with Gasteiger partial charge in [0.25, 0.3) is 11.8 Å². The molecule has 2 aliphatic heterocycles. The number of unbranched alkanes of at least 4 members (excludes halogenated alkanes) is 5. The number of benzene rings is 1. The van der Waals surface area contributed by atoms with E-state index in [2.05, 4.69) is 5.32 Å². The van der Waals surface area contributed by atoms with Crippen molar-refractivity contribution >= 4 is 29.6 Å². The summed E-state index contributed by atoms with van der Waals surface area (Å²) < 4.78 is 0. The van der Waals surface area contributed by atoms with Gasteiger partial charge in [0.2, 0.25) is 11.8 Å². The molecule has 1 fully saturated rings. The number of hydrogen-bond acceptors (Lipinski definition) is 5. The number of imide groups is 2. The van der Waals surface area contributed by atoms with Gasteiger partial charge in [-0.1, -0.05) is 31.7 Å². The Morgan fingerprint density at radius 1 is 0.967 bits per heavy atom. The molecule has 1 saturated heterocycles. The smallest absolute Gasteiger partial charge is 0.303 e. The zero-order chi connectivity index (χ0) is 21.7. The van der Waals surface area contributed by atoms with Gasteiger partial charge in [-0.05, 0) is 43.4 Å². The molecule has 3 rings (SSSR count). The van der Waals surface area contributed by atoms with Crippen LogP contribution < -0.4 is 5.32 Å². The number of aliphatic carboxylic acids is 1. The maximum atomic E-state index is 12.8. The van der Waals surface area contributed by atoms with Crippen LogP contribution in [0.25, 0.3) is 0 Å². The first-order valence-corrected chi connectivity index (χ1v) is 10.4. The Bertz CT molecular complexity index is 878. The number of hydrogen-bond donors (Lipinski definition) is 2. The molecule has 0 aliphatic carbocycles. The number of carboxylic acid groups (broad SMARTS) is 1. The van der Waals surface area contributed by atoms with Gasteiger partial charge in [0.1, 0.15) is 6.04 Å². The molecule has 8 heteroatoms. The Labute approximate surface area is 174 Å². The first-order chi connectivity index (χ1) is 14.4. The van der Waals surface area contributed by atoms with E-state index >= 15 is 0 Å². The molecule has 0 saturated carbocycles. The Balaban J connectivity index is 1.52. The van der Waals surface area contributed by atoms with Crippen LogP contribution in [0, 0.1) is 0 Å². The van der Waals surface area contributed by atoms with Crippen LogP contribution in [0.3, 0.4) is 0 Å². The molecule has 2 N–H and O–H groups in total. The van der Waals surface area contributed by atoms with Crippen LogP contribution in [0.1, 0.15) is 84.1 Å². The molecular formula is C22H26N2O6. The van der Waals surface area contributed by atoms with Crippen LogP contribution in [0.15, 0.2) is 18.2 Å². The third-order valence-electron chi connectivity index (χ3n) is 5.61. The summed E-state index contributed by atoms with van der Waals surface area (Å²) in [7, 11) is 0. The minimum Gasteiger partial charge on any atom is -0.481 e. The summed E-state index contributed by atoms with van der Waals surface area (Å²) in [6, 6.07) is 4.27. The molecule has 2 aliphatic rings. The zero-order valence-electron chi connectivity index (χ0n) is 16.8.